The van der Waals surface area contributed by atoms with Crippen molar-refractivity contribution in [1.82, 2.24) is 0 Å². The van der Waals surface area contributed by atoms with E-state index in [2.05, 4.69) is 12.2 Å². The van der Waals surface area contributed by atoms with Crippen LogP contribution >= 0.6 is 0 Å². The smallest absolute Gasteiger partial charge is 0.227 e. The van der Waals surface area contributed by atoms with Crippen molar-refractivity contribution in [1.29, 1.82) is 0 Å². The summed E-state index contributed by atoms with van der Waals surface area (Å²) in [4.78, 5) is 30.1. The van der Waals surface area contributed by atoms with E-state index in [4.69, 9.17) is 14.2 Å². The summed E-state index contributed by atoms with van der Waals surface area (Å²) in [7, 11) is 4.86. The molecule has 41 heavy (non-hydrogen) atoms. The first-order valence-corrected chi connectivity index (χ1v) is 14.3. The number of carbonyl (C=O) groups is 2. The van der Waals surface area contributed by atoms with Crippen LogP contribution in [0.25, 0.3) is 0 Å². The number of ether oxygens (including phenoxy) is 3. The van der Waals surface area contributed by atoms with Gasteiger partial charge in [0, 0.05) is 24.1 Å². The molecule has 1 aliphatic carbocycles. The van der Waals surface area contributed by atoms with Gasteiger partial charge in [0.25, 0.3) is 0 Å². The summed E-state index contributed by atoms with van der Waals surface area (Å²) in [5.74, 6) is 1.99. The molecule has 1 N–H and O–H groups in total. The minimum absolute atomic E-state index is 0.0112. The minimum Gasteiger partial charge on any atom is -0.497 e. The molecule has 0 fully saturated rings. The fourth-order valence-corrected chi connectivity index (χ4v) is 5.96. The Bertz CT molecular complexity index is 1450. The maximum atomic E-state index is 14.2. The first kappa shape index (κ1) is 28.3. The molecule has 0 saturated carbocycles. The van der Waals surface area contributed by atoms with Gasteiger partial charge in [-0.1, -0.05) is 50.1 Å². The molecule has 0 saturated heterocycles. The Hall–Kier alpha value is -4.26. The number of hydrogen-bond donors (Lipinski definition) is 1. The highest BCUT2D eigenvalue weighted by atomic mass is 16.5. The Labute approximate surface area is 242 Å². The number of Topliss-reactive ketones (excluding diaryl/α,β-unsaturated/α-hetero) is 1. The Morgan fingerprint density at radius 1 is 0.878 bits per heavy atom. The van der Waals surface area contributed by atoms with E-state index in [-0.39, 0.29) is 17.6 Å². The van der Waals surface area contributed by atoms with Crippen molar-refractivity contribution in [3.63, 3.8) is 0 Å². The van der Waals surface area contributed by atoms with Gasteiger partial charge in [-0.3, -0.25) is 14.5 Å². The van der Waals surface area contributed by atoms with Crippen molar-refractivity contribution in [2.45, 2.75) is 57.4 Å². The number of hydrogen-bond acceptors (Lipinski definition) is 6. The molecule has 7 nitrogen and oxygen atoms in total. The lowest BCUT2D eigenvalue weighted by molar-refractivity contribution is -0.119. The molecule has 0 spiro atoms. The molecule has 7 heteroatoms. The first-order valence-electron chi connectivity index (χ1n) is 14.3. The van der Waals surface area contributed by atoms with E-state index in [9.17, 15) is 9.59 Å². The maximum absolute atomic E-state index is 14.2. The number of rotatable bonds is 9. The lowest BCUT2D eigenvalue weighted by Crippen LogP contribution is -2.38. The number of allylic oxidation sites excluding steroid dienone is 1. The fraction of sp³-hybridized carbons (Fsp3) is 0.353. The van der Waals surface area contributed by atoms with Crippen molar-refractivity contribution in [3.8, 4) is 17.2 Å². The van der Waals surface area contributed by atoms with E-state index in [1.807, 2.05) is 71.6 Å². The number of carbonyl (C=O) groups excluding carboxylic acids is 2. The van der Waals surface area contributed by atoms with Gasteiger partial charge < -0.3 is 19.5 Å². The highest BCUT2D eigenvalue weighted by Crippen LogP contribution is 2.48. The monoisotopic (exact) mass is 554 g/mol. The van der Waals surface area contributed by atoms with Crippen LogP contribution in [-0.4, -0.2) is 33.0 Å². The summed E-state index contributed by atoms with van der Waals surface area (Å²) in [6.45, 7) is 2.13. The minimum atomic E-state index is -0.556. The second-order valence-corrected chi connectivity index (χ2v) is 10.6. The summed E-state index contributed by atoms with van der Waals surface area (Å²) in [5, 5.41) is 3.60. The van der Waals surface area contributed by atoms with Gasteiger partial charge >= 0.3 is 0 Å². The summed E-state index contributed by atoms with van der Waals surface area (Å²) < 4.78 is 16.4. The van der Waals surface area contributed by atoms with E-state index in [0.717, 1.165) is 53.2 Å². The molecule has 0 unspecified atom stereocenters. The number of nitrogens with zero attached hydrogens (tertiary/aromatic N) is 1. The van der Waals surface area contributed by atoms with E-state index in [0.29, 0.717) is 36.3 Å². The van der Waals surface area contributed by atoms with Gasteiger partial charge in [-0.15, -0.1) is 0 Å². The van der Waals surface area contributed by atoms with Crippen LogP contribution in [0.1, 0.15) is 68.5 Å². The van der Waals surface area contributed by atoms with Gasteiger partial charge in [0.05, 0.1) is 38.7 Å². The molecule has 5 rings (SSSR count). The molecule has 0 aromatic heterocycles. The largest absolute Gasteiger partial charge is 0.497 e. The summed E-state index contributed by atoms with van der Waals surface area (Å²) in [6.07, 6.45) is 4.18. The molecule has 1 amide bonds. The first-order chi connectivity index (χ1) is 20.0. The summed E-state index contributed by atoms with van der Waals surface area (Å²) >= 11 is 0. The van der Waals surface area contributed by atoms with E-state index in [1.54, 1.807) is 21.3 Å². The van der Waals surface area contributed by atoms with E-state index in [1.165, 1.54) is 0 Å². The lowest BCUT2D eigenvalue weighted by atomic mass is 9.78. The summed E-state index contributed by atoms with van der Waals surface area (Å²) in [6, 6.07) is 20.8. The number of methoxy groups -OCH3 is 3. The van der Waals surface area contributed by atoms with Crippen LogP contribution in [-0.2, 0) is 9.59 Å². The molecule has 1 heterocycles. The number of nitrogens with one attached hydrogen (secondary N) is 1. The van der Waals surface area contributed by atoms with Crippen molar-refractivity contribution in [2.75, 3.05) is 31.5 Å². The lowest BCUT2D eigenvalue weighted by Gasteiger charge is -2.35. The molecular formula is C34H38N2O5. The molecule has 0 radical (unpaired) electrons. The van der Waals surface area contributed by atoms with Gasteiger partial charge in [0.2, 0.25) is 5.91 Å². The third-order valence-electron chi connectivity index (χ3n) is 8.06. The quantitative estimate of drug-likeness (QED) is 0.282. The van der Waals surface area contributed by atoms with Gasteiger partial charge in [0.1, 0.15) is 5.75 Å². The Balaban J connectivity index is 1.64. The van der Waals surface area contributed by atoms with Gasteiger partial charge in [0.15, 0.2) is 17.3 Å². The SMILES string of the molecule is CCCCCC(=O)N1c2ccccc2NC2=C(C(=O)C[C@@H](c3ccc(OC)c(OC)c3)C2)[C@H]1c1ccc(OC)cc1. The molecular weight excluding hydrogens is 516 g/mol. The second-order valence-electron chi connectivity index (χ2n) is 10.6. The number of unbranched alkanes of at least 4 members (excludes halogenated alkanes) is 2. The second kappa shape index (κ2) is 12.5. The zero-order chi connectivity index (χ0) is 28.9. The zero-order valence-corrected chi connectivity index (χ0v) is 24.2. The average Bonchev–Trinajstić information content (AvgIpc) is 3.15. The number of benzene rings is 3. The molecule has 2 atom stereocenters. The topological polar surface area (TPSA) is 77.1 Å². The summed E-state index contributed by atoms with van der Waals surface area (Å²) in [5.41, 5.74) is 4.97. The average molecular weight is 555 g/mol. The van der Waals surface area contributed by atoms with Crippen molar-refractivity contribution in [3.05, 3.63) is 89.1 Å². The van der Waals surface area contributed by atoms with Crippen molar-refractivity contribution in [2.24, 2.45) is 0 Å². The van der Waals surface area contributed by atoms with Gasteiger partial charge in [-0.2, -0.15) is 0 Å². The van der Waals surface area contributed by atoms with Crippen LogP contribution in [0.2, 0.25) is 0 Å². The molecule has 1 aliphatic heterocycles. The number of ketones is 1. The molecule has 2 aliphatic rings. The molecule has 3 aromatic carbocycles. The third kappa shape index (κ3) is 5.67. The highest BCUT2D eigenvalue weighted by molar-refractivity contribution is 6.06. The predicted molar refractivity (Wildman–Crippen MR) is 161 cm³/mol. The fourth-order valence-electron chi connectivity index (χ4n) is 5.96. The number of amides is 1. The number of anilines is 2. The molecule has 214 valence electrons. The maximum Gasteiger partial charge on any atom is 0.227 e. The van der Waals surface area contributed by atoms with Crippen LogP contribution in [0.4, 0.5) is 11.4 Å². The molecule has 0 bridgehead atoms. The number of para-hydroxylation sites is 2. The standard InChI is InChI=1S/C34H38N2O5/c1-5-6-7-12-32(38)36-28-11-9-8-10-26(28)35-27-19-24(23-15-18-30(40-3)31(21-23)41-4)20-29(37)33(27)34(36)22-13-16-25(39-2)17-14-22/h8-11,13-18,21,24,34-35H,5-7,12,19-20H2,1-4H3/t24-,34+/m0/s1. The van der Waals surface area contributed by atoms with E-state index >= 15 is 0 Å². The van der Waals surface area contributed by atoms with Crippen LogP contribution in [0, 0.1) is 0 Å². The van der Waals surface area contributed by atoms with Crippen molar-refractivity contribution < 1.29 is 23.8 Å². The Kier molecular flexibility index (Phi) is 8.62. The van der Waals surface area contributed by atoms with Crippen LogP contribution in [0.5, 0.6) is 17.2 Å². The zero-order valence-electron chi connectivity index (χ0n) is 24.2. The van der Waals surface area contributed by atoms with Crippen LogP contribution in [0.15, 0.2) is 78.0 Å². The third-order valence-corrected chi connectivity index (χ3v) is 8.06. The van der Waals surface area contributed by atoms with E-state index < -0.39 is 6.04 Å². The normalized spacial score (nSPS) is 18.1. The van der Waals surface area contributed by atoms with Crippen molar-refractivity contribution >= 4 is 23.1 Å². The molecule has 3 aromatic rings. The van der Waals surface area contributed by atoms with Gasteiger partial charge in [-0.05, 0) is 66.3 Å². The Morgan fingerprint density at radius 2 is 1.61 bits per heavy atom. The van der Waals surface area contributed by atoms with Crippen LogP contribution < -0.4 is 24.4 Å². The predicted octanol–water partition coefficient (Wildman–Crippen LogP) is 7.19. The van der Waals surface area contributed by atoms with Crippen LogP contribution in [0.3, 0.4) is 0 Å². The highest BCUT2D eigenvalue weighted by Gasteiger charge is 2.41. The Morgan fingerprint density at radius 3 is 2.32 bits per heavy atom. The van der Waals surface area contributed by atoms with Gasteiger partial charge in [-0.25, -0.2) is 0 Å². The number of fused-ring (bicyclic) bond motifs is 1.